The highest BCUT2D eigenvalue weighted by molar-refractivity contribution is 4.55. The van der Waals surface area contributed by atoms with Gasteiger partial charge in [-0.2, -0.15) is 0 Å². The first-order chi connectivity index (χ1) is 5.00. The Hall–Kier alpha value is -0.120. The van der Waals surface area contributed by atoms with E-state index in [1.54, 1.807) is 0 Å². The molecule has 0 saturated carbocycles. The van der Waals surface area contributed by atoms with Crippen LogP contribution in [-0.2, 0) is 4.74 Å². The lowest BCUT2D eigenvalue weighted by molar-refractivity contribution is 0.198. The fraction of sp³-hybridized carbons (Fsp3) is 1.00. The van der Waals surface area contributed by atoms with Crippen LogP contribution < -0.4 is 10.6 Å². The van der Waals surface area contributed by atoms with E-state index in [1.807, 2.05) is 0 Å². The number of nitrogens with one attached hydrogen (secondary N) is 2. The Labute approximate surface area is 62.1 Å². The van der Waals surface area contributed by atoms with Crippen LogP contribution in [0.2, 0.25) is 0 Å². The van der Waals surface area contributed by atoms with Crippen molar-refractivity contribution in [3.8, 4) is 0 Å². The lowest BCUT2D eigenvalue weighted by Crippen LogP contribution is -2.11. The van der Waals surface area contributed by atoms with Crippen molar-refractivity contribution < 1.29 is 4.74 Å². The van der Waals surface area contributed by atoms with Crippen molar-refractivity contribution in [2.24, 2.45) is 0 Å². The Morgan fingerprint density at radius 2 is 1.50 bits per heavy atom. The van der Waals surface area contributed by atoms with Gasteiger partial charge in [-0.15, -0.1) is 0 Å². The Balaban J connectivity index is 0.0000001000. The molecule has 0 aromatic carbocycles. The van der Waals surface area contributed by atoms with Gasteiger partial charge in [0.1, 0.15) is 0 Å². The molecule has 0 aromatic heterocycles. The Morgan fingerprint density at radius 1 is 0.900 bits per heavy atom. The SMILES string of the molecule is C1CCOC1.C1CNCN1. The first kappa shape index (κ1) is 7.98. The molecule has 10 heavy (non-hydrogen) atoms. The fourth-order valence-corrected chi connectivity index (χ4v) is 0.952. The van der Waals surface area contributed by atoms with Crippen LogP contribution in [0.25, 0.3) is 0 Å². The first-order valence-corrected chi connectivity index (χ1v) is 3.99. The predicted octanol–water partition coefficient (Wildman–Crippen LogP) is -0.0665. The molecule has 2 heterocycles. The van der Waals surface area contributed by atoms with Crippen LogP contribution in [0.5, 0.6) is 0 Å². The number of hydrogen-bond donors (Lipinski definition) is 2. The van der Waals surface area contributed by atoms with E-state index in [-0.39, 0.29) is 0 Å². The maximum atomic E-state index is 4.94. The molecule has 0 unspecified atom stereocenters. The lowest BCUT2D eigenvalue weighted by Gasteiger charge is -1.77. The van der Waals surface area contributed by atoms with Crippen LogP contribution in [0, 0.1) is 0 Å². The van der Waals surface area contributed by atoms with Gasteiger partial charge in [-0.05, 0) is 12.8 Å². The summed E-state index contributed by atoms with van der Waals surface area (Å²) in [5.41, 5.74) is 0. The molecule has 2 aliphatic heterocycles. The summed E-state index contributed by atoms with van der Waals surface area (Å²) in [5.74, 6) is 0. The molecule has 60 valence electrons. The van der Waals surface area contributed by atoms with Crippen molar-refractivity contribution in [1.29, 1.82) is 0 Å². The molecule has 2 rings (SSSR count). The van der Waals surface area contributed by atoms with Gasteiger partial charge in [-0.1, -0.05) is 0 Å². The molecule has 3 heteroatoms. The summed E-state index contributed by atoms with van der Waals surface area (Å²) in [5, 5.41) is 6.22. The maximum Gasteiger partial charge on any atom is 0.0466 e. The second-order valence-electron chi connectivity index (χ2n) is 2.50. The molecule has 2 fully saturated rings. The molecule has 0 aromatic rings. The molecule has 0 bridgehead atoms. The summed E-state index contributed by atoms with van der Waals surface area (Å²) in [6, 6.07) is 0. The molecule has 2 aliphatic rings. The highest BCUT2D eigenvalue weighted by Gasteiger charge is 1.94. The fourth-order valence-electron chi connectivity index (χ4n) is 0.952. The van der Waals surface area contributed by atoms with Gasteiger partial charge in [-0.3, -0.25) is 0 Å². The number of rotatable bonds is 0. The van der Waals surface area contributed by atoms with Gasteiger partial charge in [0.05, 0.1) is 0 Å². The summed E-state index contributed by atoms with van der Waals surface area (Å²) >= 11 is 0. The Bertz CT molecular complexity index is 44.8. The van der Waals surface area contributed by atoms with Crippen LogP contribution in [0.3, 0.4) is 0 Å². The third-order valence-electron chi connectivity index (χ3n) is 1.56. The van der Waals surface area contributed by atoms with Gasteiger partial charge in [0.15, 0.2) is 0 Å². The van der Waals surface area contributed by atoms with Gasteiger partial charge >= 0.3 is 0 Å². The molecule has 0 radical (unpaired) electrons. The van der Waals surface area contributed by atoms with E-state index in [0.717, 1.165) is 33.0 Å². The van der Waals surface area contributed by atoms with Gasteiger partial charge in [0.2, 0.25) is 0 Å². The molecular weight excluding hydrogens is 128 g/mol. The summed E-state index contributed by atoms with van der Waals surface area (Å²) in [7, 11) is 0. The average Bonchev–Trinajstić information content (AvgIpc) is 2.67. The van der Waals surface area contributed by atoms with E-state index >= 15 is 0 Å². The third kappa shape index (κ3) is 3.82. The largest absolute Gasteiger partial charge is 0.381 e. The first-order valence-electron chi connectivity index (χ1n) is 3.99. The second kappa shape index (κ2) is 5.65. The minimum Gasteiger partial charge on any atom is -0.381 e. The van der Waals surface area contributed by atoms with Gasteiger partial charge in [0.25, 0.3) is 0 Å². The van der Waals surface area contributed by atoms with Gasteiger partial charge in [-0.25, -0.2) is 0 Å². The van der Waals surface area contributed by atoms with E-state index in [1.165, 1.54) is 12.8 Å². The lowest BCUT2D eigenvalue weighted by atomic mass is 10.4. The molecule has 0 amide bonds. The van der Waals surface area contributed by atoms with E-state index in [0.29, 0.717) is 0 Å². The molecule has 2 saturated heterocycles. The minimum atomic E-state index is 1.00. The highest BCUT2D eigenvalue weighted by atomic mass is 16.5. The molecule has 2 N–H and O–H groups in total. The van der Waals surface area contributed by atoms with Crippen molar-refractivity contribution >= 4 is 0 Å². The molecule has 0 atom stereocenters. The van der Waals surface area contributed by atoms with Crippen molar-refractivity contribution in [3.63, 3.8) is 0 Å². The van der Waals surface area contributed by atoms with Gasteiger partial charge in [0, 0.05) is 33.0 Å². The van der Waals surface area contributed by atoms with Crippen molar-refractivity contribution in [1.82, 2.24) is 10.6 Å². The molecular formula is C7H16N2O. The monoisotopic (exact) mass is 144 g/mol. The molecule has 0 aliphatic carbocycles. The minimum absolute atomic E-state index is 1.00. The summed E-state index contributed by atoms with van der Waals surface area (Å²) in [4.78, 5) is 0. The van der Waals surface area contributed by atoms with Crippen molar-refractivity contribution in [2.45, 2.75) is 12.8 Å². The summed E-state index contributed by atoms with van der Waals surface area (Å²) in [6.45, 7) is 5.28. The maximum absolute atomic E-state index is 4.94. The van der Waals surface area contributed by atoms with E-state index in [9.17, 15) is 0 Å². The smallest absolute Gasteiger partial charge is 0.0466 e. The Kier molecular flexibility index (Phi) is 4.51. The topological polar surface area (TPSA) is 33.3 Å². The van der Waals surface area contributed by atoms with Crippen molar-refractivity contribution in [2.75, 3.05) is 33.0 Å². The number of ether oxygens (including phenoxy) is 1. The summed E-state index contributed by atoms with van der Waals surface area (Å²) in [6.07, 6.45) is 2.56. The Morgan fingerprint density at radius 3 is 1.70 bits per heavy atom. The third-order valence-corrected chi connectivity index (χ3v) is 1.56. The zero-order chi connectivity index (χ0) is 7.07. The highest BCUT2D eigenvalue weighted by Crippen LogP contribution is 1.98. The molecule has 3 nitrogen and oxygen atoms in total. The van der Waals surface area contributed by atoms with Crippen LogP contribution in [-0.4, -0.2) is 33.0 Å². The predicted molar refractivity (Wildman–Crippen MR) is 40.9 cm³/mol. The quantitative estimate of drug-likeness (QED) is 0.499. The standard InChI is InChI=1S/C4H8O.C3H8N2/c1-2-4-5-3-1;1-2-5-3-4-1/h1-4H2;4-5H,1-3H2. The van der Waals surface area contributed by atoms with Crippen LogP contribution in [0.4, 0.5) is 0 Å². The van der Waals surface area contributed by atoms with E-state index < -0.39 is 0 Å². The second-order valence-corrected chi connectivity index (χ2v) is 2.50. The van der Waals surface area contributed by atoms with E-state index in [4.69, 9.17) is 4.74 Å². The van der Waals surface area contributed by atoms with Crippen LogP contribution in [0.15, 0.2) is 0 Å². The zero-order valence-electron chi connectivity index (χ0n) is 6.36. The van der Waals surface area contributed by atoms with Crippen molar-refractivity contribution in [3.05, 3.63) is 0 Å². The number of hydrogen-bond acceptors (Lipinski definition) is 3. The van der Waals surface area contributed by atoms with Crippen LogP contribution in [0.1, 0.15) is 12.8 Å². The van der Waals surface area contributed by atoms with Gasteiger partial charge < -0.3 is 15.4 Å². The van der Waals surface area contributed by atoms with Crippen LogP contribution >= 0.6 is 0 Å². The van der Waals surface area contributed by atoms with E-state index in [2.05, 4.69) is 10.6 Å². The summed E-state index contributed by atoms with van der Waals surface area (Å²) < 4.78 is 4.94. The zero-order valence-corrected chi connectivity index (χ0v) is 6.36. The average molecular weight is 144 g/mol. The normalized spacial score (nSPS) is 24.0. The molecule has 0 spiro atoms.